The zero-order valence-corrected chi connectivity index (χ0v) is 32.2. The number of esters is 1. The molecule has 0 fully saturated rings. The minimum absolute atomic E-state index is 0.0468. The number of nitrogens with two attached hydrogens (primary N) is 1. The first-order valence-corrected chi connectivity index (χ1v) is 19.3. The summed E-state index contributed by atoms with van der Waals surface area (Å²) in [5.74, 6) is -4.68. The van der Waals surface area contributed by atoms with Gasteiger partial charge in [0.1, 0.15) is 23.4 Å². The topological polar surface area (TPSA) is 243 Å². The van der Waals surface area contributed by atoms with Gasteiger partial charge in [0.15, 0.2) is 0 Å². The van der Waals surface area contributed by atoms with Crippen molar-refractivity contribution in [3.8, 4) is 5.75 Å². The summed E-state index contributed by atoms with van der Waals surface area (Å²) in [5, 5.41) is 19.4. The number of aromatic hydroxyl groups is 1. The summed E-state index contributed by atoms with van der Waals surface area (Å²) in [5.41, 5.74) is 6.91. The standard InChI is InChI=1S/C39H51N5O10S/c1-5-6-21-39(55(51,52)53,37(50)54-38(2,3)4)44-36(49)32(24-27-15-11-8-12-16-27)42-33(46)25-41-35(48)31(23-26-13-9-7-10-14-26)43-34(47)30(40)22-28-17-19-29(45)20-18-28/h7-20,30-32,45H,5-6,21-25,40H2,1-4H3,(H,41,48)(H,42,46)(H,43,47)(H,44,49)(H,51,52,53)/t30-,31+,32-,39?/m0/s1. The van der Waals surface area contributed by atoms with Crippen LogP contribution in [0.2, 0.25) is 0 Å². The third-order valence-corrected chi connectivity index (χ3v) is 9.73. The molecule has 298 valence electrons. The third kappa shape index (κ3) is 13.8. The van der Waals surface area contributed by atoms with E-state index in [9.17, 15) is 42.0 Å². The van der Waals surface area contributed by atoms with Crippen molar-refractivity contribution in [2.75, 3.05) is 6.54 Å². The van der Waals surface area contributed by atoms with E-state index >= 15 is 0 Å². The van der Waals surface area contributed by atoms with E-state index in [-0.39, 0.29) is 31.4 Å². The fraction of sp³-hybridized carbons (Fsp3) is 0.410. The van der Waals surface area contributed by atoms with E-state index < -0.39 is 81.3 Å². The van der Waals surface area contributed by atoms with Crippen molar-refractivity contribution in [3.05, 3.63) is 102 Å². The van der Waals surface area contributed by atoms with E-state index in [4.69, 9.17) is 10.5 Å². The lowest BCUT2D eigenvalue weighted by Gasteiger charge is -2.33. The number of phenols is 1. The predicted molar refractivity (Wildman–Crippen MR) is 205 cm³/mol. The Morgan fingerprint density at radius 2 is 1.25 bits per heavy atom. The van der Waals surface area contributed by atoms with Gasteiger partial charge in [-0.05, 0) is 68.9 Å². The van der Waals surface area contributed by atoms with Crippen molar-refractivity contribution in [2.24, 2.45) is 5.73 Å². The summed E-state index contributed by atoms with van der Waals surface area (Å²) in [6, 6.07) is 19.7. The highest BCUT2D eigenvalue weighted by Crippen LogP contribution is 2.26. The predicted octanol–water partition coefficient (Wildman–Crippen LogP) is 2.07. The van der Waals surface area contributed by atoms with Crippen LogP contribution in [-0.2, 0) is 58.1 Å². The Bertz CT molecular complexity index is 1870. The van der Waals surface area contributed by atoms with E-state index in [0.717, 1.165) is 0 Å². The monoisotopic (exact) mass is 781 g/mol. The molecule has 0 aliphatic carbocycles. The molecule has 3 aromatic rings. The second kappa shape index (κ2) is 19.8. The van der Waals surface area contributed by atoms with Crippen LogP contribution in [0.25, 0.3) is 0 Å². The van der Waals surface area contributed by atoms with Crippen molar-refractivity contribution in [1.82, 2.24) is 21.3 Å². The number of rotatable bonds is 19. The Morgan fingerprint density at radius 3 is 1.75 bits per heavy atom. The number of ether oxygens (including phenoxy) is 1. The number of amides is 4. The quantitative estimate of drug-likeness (QED) is 0.0686. The Kier molecular flexibility index (Phi) is 15.9. The Hall–Kier alpha value is -5.32. The van der Waals surface area contributed by atoms with Crippen molar-refractivity contribution in [1.29, 1.82) is 0 Å². The Morgan fingerprint density at radius 1 is 0.745 bits per heavy atom. The molecule has 0 saturated heterocycles. The zero-order valence-electron chi connectivity index (χ0n) is 31.4. The van der Waals surface area contributed by atoms with Gasteiger partial charge in [0, 0.05) is 12.8 Å². The maximum Gasteiger partial charge on any atom is 0.351 e. The number of carbonyl (C=O) groups excluding carboxylic acids is 5. The molecule has 0 aliphatic heterocycles. The number of nitrogens with one attached hydrogen (secondary N) is 4. The highest BCUT2D eigenvalue weighted by Gasteiger charge is 2.54. The second-order valence-corrected chi connectivity index (χ2v) is 15.8. The highest BCUT2D eigenvalue weighted by molar-refractivity contribution is 7.88. The average Bonchev–Trinajstić information content (AvgIpc) is 3.12. The zero-order chi connectivity index (χ0) is 40.8. The summed E-state index contributed by atoms with van der Waals surface area (Å²) >= 11 is 0. The first-order chi connectivity index (χ1) is 25.8. The van der Waals surface area contributed by atoms with Crippen LogP contribution in [0.15, 0.2) is 84.9 Å². The van der Waals surface area contributed by atoms with Crippen LogP contribution < -0.4 is 27.0 Å². The van der Waals surface area contributed by atoms with Gasteiger partial charge in [0.05, 0.1) is 12.6 Å². The first kappa shape index (κ1) is 44.1. The summed E-state index contributed by atoms with van der Waals surface area (Å²) < 4.78 is 41.5. The van der Waals surface area contributed by atoms with Crippen molar-refractivity contribution in [2.45, 2.75) is 94.8 Å². The van der Waals surface area contributed by atoms with E-state index in [1.165, 1.54) is 32.9 Å². The number of phenolic OH excluding ortho intramolecular Hbond substituents is 1. The number of hydrogen-bond donors (Lipinski definition) is 7. The van der Waals surface area contributed by atoms with Crippen LogP contribution in [-0.4, -0.2) is 82.8 Å². The lowest BCUT2D eigenvalue weighted by atomic mass is 10.0. The van der Waals surface area contributed by atoms with Crippen LogP contribution >= 0.6 is 0 Å². The van der Waals surface area contributed by atoms with E-state index in [0.29, 0.717) is 23.1 Å². The summed E-state index contributed by atoms with van der Waals surface area (Å²) in [6.45, 7) is 5.55. The number of carbonyl (C=O) groups is 5. The average molecular weight is 782 g/mol. The Labute approximate surface area is 321 Å². The molecule has 0 bridgehead atoms. The summed E-state index contributed by atoms with van der Waals surface area (Å²) in [6.07, 6.45) is -0.0193. The van der Waals surface area contributed by atoms with Gasteiger partial charge in [0.2, 0.25) is 23.6 Å². The highest BCUT2D eigenvalue weighted by atomic mass is 32.2. The van der Waals surface area contributed by atoms with E-state index in [2.05, 4.69) is 21.3 Å². The van der Waals surface area contributed by atoms with Gasteiger partial charge in [-0.15, -0.1) is 0 Å². The largest absolute Gasteiger partial charge is 0.508 e. The van der Waals surface area contributed by atoms with E-state index in [1.807, 2.05) is 0 Å². The molecule has 3 rings (SSSR count). The maximum absolute atomic E-state index is 13.9. The van der Waals surface area contributed by atoms with Gasteiger partial charge in [-0.3, -0.25) is 23.7 Å². The smallest absolute Gasteiger partial charge is 0.351 e. The molecule has 16 heteroatoms. The molecule has 8 N–H and O–H groups in total. The number of unbranched alkanes of at least 4 members (excludes halogenated alkanes) is 1. The van der Waals surface area contributed by atoms with Crippen molar-refractivity contribution >= 4 is 39.7 Å². The molecule has 4 atom stereocenters. The SMILES string of the molecule is CCCCC(NC(=O)[C@H](Cc1ccccc1)NC(=O)CNC(=O)[C@@H](Cc1ccccc1)NC(=O)[C@@H](N)Cc1ccc(O)cc1)(C(=O)OC(C)(C)C)S(=O)(=O)O. The van der Waals surface area contributed by atoms with Crippen LogP contribution in [0.5, 0.6) is 5.75 Å². The molecule has 55 heavy (non-hydrogen) atoms. The van der Waals surface area contributed by atoms with Gasteiger partial charge in [-0.1, -0.05) is 86.1 Å². The number of benzene rings is 3. The molecule has 15 nitrogen and oxygen atoms in total. The molecular weight excluding hydrogens is 731 g/mol. The molecule has 0 spiro atoms. The Balaban J connectivity index is 1.82. The first-order valence-electron chi connectivity index (χ1n) is 17.8. The maximum atomic E-state index is 13.9. The fourth-order valence-electron chi connectivity index (χ4n) is 5.50. The summed E-state index contributed by atoms with van der Waals surface area (Å²) in [7, 11) is -5.32. The van der Waals surface area contributed by atoms with Crippen LogP contribution in [0.4, 0.5) is 0 Å². The fourth-order valence-corrected chi connectivity index (χ4v) is 6.38. The molecule has 0 aliphatic rings. The molecule has 4 amide bonds. The van der Waals surface area contributed by atoms with Crippen LogP contribution in [0, 0.1) is 0 Å². The summed E-state index contributed by atoms with van der Waals surface area (Å²) in [4.78, 5) is 64.4. The van der Waals surface area contributed by atoms with Crippen molar-refractivity contribution in [3.63, 3.8) is 0 Å². The minimum atomic E-state index is -5.32. The van der Waals surface area contributed by atoms with Crippen LogP contribution in [0.1, 0.15) is 63.6 Å². The lowest BCUT2D eigenvalue weighted by molar-refractivity contribution is -0.161. The van der Waals surface area contributed by atoms with Gasteiger partial charge >= 0.3 is 16.1 Å². The van der Waals surface area contributed by atoms with Crippen molar-refractivity contribution < 1.29 is 46.8 Å². The molecule has 1 unspecified atom stereocenters. The normalized spacial score (nSPS) is 14.3. The van der Waals surface area contributed by atoms with Gasteiger partial charge < -0.3 is 36.8 Å². The lowest BCUT2D eigenvalue weighted by Crippen LogP contribution is -2.64. The molecule has 0 saturated carbocycles. The second-order valence-electron chi connectivity index (χ2n) is 14.2. The minimum Gasteiger partial charge on any atom is -0.508 e. The molecule has 3 aromatic carbocycles. The molecule has 0 heterocycles. The van der Waals surface area contributed by atoms with Crippen LogP contribution in [0.3, 0.4) is 0 Å². The van der Waals surface area contributed by atoms with Gasteiger partial charge in [-0.2, -0.15) is 8.42 Å². The van der Waals surface area contributed by atoms with E-state index in [1.54, 1.807) is 79.7 Å². The molecule has 0 aromatic heterocycles. The van der Waals surface area contributed by atoms with Gasteiger partial charge in [-0.25, -0.2) is 4.79 Å². The molecule has 0 radical (unpaired) electrons. The molecular formula is C39H51N5O10S. The number of hydrogen-bond acceptors (Lipinski definition) is 10. The van der Waals surface area contributed by atoms with Gasteiger partial charge in [0.25, 0.3) is 4.87 Å². The third-order valence-electron chi connectivity index (χ3n) is 8.38.